The minimum atomic E-state index is 0.0337. The fourth-order valence-electron chi connectivity index (χ4n) is 3.37. The lowest BCUT2D eigenvalue weighted by Gasteiger charge is -2.32. The second-order valence-electron chi connectivity index (χ2n) is 8.43. The Bertz CT molecular complexity index is 823. The molecule has 1 aliphatic heterocycles. The molecule has 0 atom stereocenters. The Labute approximate surface area is 177 Å². The second kappa shape index (κ2) is 9.44. The van der Waals surface area contributed by atoms with Crippen molar-refractivity contribution in [2.75, 3.05) is 18.8 Å². The SMILES string of the molecule is CC(C)(C)c1ccc(SCC(=O)NC2CCN(C(=O)c3ccncc3)CC2)cc1. The number of carbonyl (C=O) groups excluding carboxylic acids is 2. The van der Waals surface area contributed by atoms with E-state index in [1.807, 2.05) is 4.90 Å². The third-order valence-electron chi connectivity index (χ3n) is 5.16. The van der Waals surface area contributed by atoms with E-state index in [1.54, 1.807) is 36.3 Å². The smallest absolute Gasteiger partial charge is 0.253 e. The number of aromatic nitrogens is 1. The molecule has 0 radical (unpaired) electrons. The average molecular weight is 412 g/mol. The third kappa shape index (κ3) is 6.07. The standard InChI is InChI=1S/C23H29N3O2S/c1-23(2,3)18-4-6-20(7-5-18)29-16-21(27)25-19-10-14-26(15-11-19)22(28)17-8-12-24-13-9-17/h4-9,12-13,19H,10-11,14-16H2,1-3H3,(H,25,27). The lowest BCUT2D eigenvalue weighted by atomic mass is 9.87. The van der Waals surface area contributed by atoms with E-state index < -0.39 is 0 Å². The Morgan fingerprint density at radius 1 is 1.07 bits per heavy atom. The van der Waals surface area contributed by atoms with Gasteiger partial charge in [0.05, 0.1) is 5.75 Å². The summed E-state index contributed by atoms with van der Waals surface area (Å²) < 4.78 is 0. The molecule has 29 heavy (non-hydrogen) atoms. The highest BCUT2D eigenvalue weighted by Gasteiger charge is 2.24. The number of benzene rings is 1. The van der Waals surface area contributed by atoms with Crippen LogP contribution in [0.5, 0.6) is 0 Å². The van der Waals surface area contributed by atoms with Crippen LogP contribution in [0, 0.1) is 0 Å². The largest absolute Gasteiger partial charge is 0.353 e. The molecule has 1 saturated heterocycles. The van der Waals surface area contributed by atoms with Gasteiger partial charge in [0.1, 0.15) is 0 Å². The molecule has 2 aromatic rings. The zero-order chi connectivity index (χ0) is 20.9. The molecule has 6 heteroatoms. The van der Waals surface area contributed by atoms with E-state index in [1.165, 1.54) is 5.56 Å². The number of likely N-dealkylation sites (tertiary alicyclic amines) is 1. The van der Waals surface area contributed by atoms with Crippen LogP contribution in [-0.4, -0.2) is 46.6 Å². The predicted molar refractivity (Wildman–Crippen MR) is 117 cm³/mol. The summed E-state index contributed by atoms with van der Waals surface area (Å²) in [5, 5.41) is 3.12. The molecule has 1 aromatic heterocycles. The van der Waals surface area contributed by atoms with Crippen molar-refractivity contribution in [3.63, 3.8) is 0 Å². The summed E-state index contributed by atoms with van der Waals surface area (Å²) in [7, 11) is 0. The molecule has 2 heterocycles. The van der Waals surface area contributed by atoms with Crippen LogP contribution in [0.2, 0.25) is 0 Å². The first-order valence-electron chi connectivity index (χ1n) is 10.0. The van der Waals surface area contributed by atoms with Gasteiger partial charge in [0.2, 0.25) is 5.91 Å². The topological polar surface area (TPSA) is 62.3 Å². The van der Waals surface area contributed by atoms with E-state index >= 15 is 0 Å². The Morgan fingerprint density at radius 2 is 1.69 bits per heavy atom. The highest BCUT2D eigenvalue weighted by molar-refractivity contribution is 8.00. The fraction of sp³-hybridized carbons (Fsp3) is 0.435. The number of rotatable bonds is 5. The van der Waals surface area contributed by atoms with Crippen LogP contribution in [0.4, 0.5) is 0 Å². The van der Waals surface area contributed by atoms with Crippen molar-refractivity contribution in [1.82, 2.24) is 15.2 Å². The summed E-state index contributed by atoms with van der Waals surface area (Å²) in [6.45, 7) is 7.90. The van der Waals surface area contributed by atoms with E-state index in [9.17, 15) is 9.59 Å². The van der Waals surface area contributed by atoms with Crippen molar-refractivity contribution in [2.45, 2.75) is 50.0 Å². The van der Waals surface area contributed by atoms with Crippen molar-refractivity contribution >= 4 is 23.6 Å². The Hall–Kier alpha value is -2.34. The van der Waals surface area contributed by atoms with Gasteiger partial charge in [-0.3, -0.25) is 14.6 Å². The number of amides is 2. The number of nitrogens with one attached hydrogen (secondary N) is 1. The molecule has 0 unspecified atom stereocenters. The quantitative estimate of drug-likeness (QED) is 0.758. The van der Waals surface area contributed by atoms with Crippen LogP contribution in [-0.2, 0) is 10.2 Å². The molecule has 2 amide bonds. The van der Waals surface area contributed by atoms with Crippen molar-refractivity contribution in [3.8, 4) is 0 Å². The van der Waals surface area contributed by atoms with Gasteiger partial charge in [-0.25, -0.2) is 0 Å². The first-order chi connectivity index (χ1) is 13.8. The van der Waals surface area contributed by atoms with Crippen LogP contribution in [0.25, 0.3) is 0 Å². The summed E-state index contributed by atoms with van der Waals surface area (Å²) in [6.07, 6.45) is 4.84. The van der Waals surface area contributed by atoms with E-state index in [0.717, 1.165) is 17.7 Å². The van der Waals surface area contributed by atoms with Crippen molar-refractivity contribution in [1.29, 1.82) is 0 Å². The molecular formula is C23H29N3O2S. The number of hydrogen-bond donors (Lipinski definition) is 1. The number of thioether (sulfide) groups is 1. The molecule has 3 rings (SSSR count). The van der Waals surface area contributed by atoms with Crippen molar-refractivity contribution in [2.24, 2.45) is 0 Å². The molecule has 1 N–H and O–H groups in total. The molecular weight excluding hydrogens is 382 g/mol. The Morgan fingerprint density at radius 3 is 2.28 bits per heavy atom. The Balaban J connectivity index is 1.41. The van der Waals surface area contributed by atoms with Crippen LogP contribution < -0.4 is 5.32 Å². The molecule has 154 valence electrons. The van der Waals surface area contributed by atoms with Gasteiger partial charge < -0.3 is 10.2 Å². The van der Waals surface area contributed by atoms with Crippen LogP contribution in [0.1, 0.15) is 49.5 Å². The van der Waals surface area contributed by atoms with Gasteiger partial charge in [-0.2, -0.15) is 0 Å². The van der Waals surface area contributed by atoms with Crippen molar-refractivity contribution < 1.29 is 9.59 Å². The summed E-state index contributed by atoms with van der Waals surface area (Å²) in [5.74, 6) is 0.491. The van der Waals surface area contributed by atoms with E-state index in [2.05, 4.69) is 55.3 Å². The molecule has 1 aromatic carbocycles. The average Bonchev–Trinajstić information content (AvgIpc) is 2.72. The first-order valence-corrected chi connectivity index (χ1v) is 11.0. The number of carbonyl (C=O) groups is 2. The van der Waals surface area contributed by atoms with Gasteiger partial charge in [0, 0.05) is 42.0 Å². The first kappa shape index (κ1) is 21.4. The number of piperidine rings is 1. The van der Waals surface area contributed by atoms with Crippen LogP contribution in [0.3, 0.4) is 0 Å². The summed E-state index contributed by atoms with van der Waals surface area (Å²) >= 11 is 1.56. The zero-order valence-corrected chi connectivity index (χ0v) is 18.2. The molecule has 1 aliphatic rings. The van der Waals surface area contributed by atoms with Crippen molar-refractivity contribution in [3.05, 3.63) is 59.9 Å². The summed E-state index contributed by atoms with van der Waals surface area (Å²) in [6, 6.07) is 12.0. The molecule has 0 bridgehead atoms. The maximum atomic E-state index is 12.5. The normalized spacial score (nSPS) is 15.2. The highest BCUT2D eigenvalue weighted by Crippen LogP contribution is 2.25. The lowest BCUT2D eigenvalue weighted by molar-refractivity contribution is -0.119. The molecule has 1 fully saturated rings. The second-order valence-corrected chi connectivity index (χ2v) is 9.48. The number of hydrogen-bond acceptors (Lipinski definition) is 4. The monoisotopic (exact) mass is 411 g/mol. The number of pyridine rings is 1. The molecule has 0 spiro atoms. The van der Waals surface area contributed by atoms with Gasteiger partial charge >= 0.3 is 0 Å². The highest BCUT2D eigenvalue weighted by atomic mass is 32.2. The predicted octanol–water partition coefficient (Wildman–Crippen LogP) is 3.89. The maximum Gasteiger partial charge on any atom is 0.253 e. The Kier molecular flexibility index (Phi) is 6.96. The van der Waals surface area contributed by atoms with Crippen LogP contribution >= 0.6 is 11.8 Å². The number of nitrogens with zero attached hydrogens (tertiary/aromatic N) is 2. The van der Waals surface area contributed by atoms with E-state index in [0.29, 0.717) is 24.4 Å². The molecule has 0 saturated carbocycles. The third-order valence-corrected chi connectivity index (χ3v) is 6.18. The van der Waals surface area contributed by atoms with Crippen LogP contribution in [0.15, 0.2) is 53.7 Å². The van der Waals surface area contributed by atoms with Gasteiger partial charge in [0.15, 0.2) is 0 Å². The lowest BCUT2D eigenvalue weighted by Crippen LogP contribution is -2.47. The minimum Gasteiger partial charge on any atom is -0.353 e. The van der Waals surface area contributed by atoms with Gasteiger partial charge in [0.25, 0.3) is 5.91 Å². The van der Waals surface area contributed by atoms with E-state index in [4.69, 9.17) is 0 Å². The summed E-state index contributed by atoms with van der Waals surface area (Å²) in [5.41, 5.74) is 2.09. The minimum absolute atomic E-state index is 0.0337. The van der Waals surface area contributed by atoms with Gasteiger partial charge in [-0.15, -0.1) is 11.8 Å². The fourth-order valence-corrected chi connectivity index (χ4v) is 4.08. The van der Waals surface area contributed by atoms with Gasteiger partial charge in [-0.05, 0) is 48.1 Å². The summed E-state index contributed by atoms with van der Waals surface area (Å²) in [4.78, 5) is 31.7. The van der Waals surface area contributed by atoms with E-state index in [-0.39, 0.29) is 23.3 Å². The molecule has 5 nitrogen and oxygen atoms in total. The molecule has 0 aliphatic carbocycles. The van der Waals surface area contributed by atoms with Gasteiger partial charge in [-0.1, -0.05) is 32.9 Å². The maximum absolute atomic E-state index is 12.5. The zero-order valence-electron chi connectivity index (χ0n) is 17.4.